The van der Waals surface area contributed by atoms with Gasteiger partial charge < -0.3 is 10.2 Å². The van der Waals surface area contributed by atoms with Crippen LogP contribution in [0.5, 0.6) is 0 Å². The summed E-state index contributed by atoms with van der Waals surface area (Å²) >= 11 is 0. The van der Waals surface area contributed by atoms with E-state index in [4.69, 9.17) is 0 Å². The molecule has 0 bridgehead atoms. The summed E-state index contributed by atoms with van der Waals surface area (Å²) in [6.07, 6.45) is 7.31. The SMILES string of the molecule is Cc1ccccc1CN1CCN(CCCC2C(=O)N[C@@H]3CCCC[C@@H]23)CC1. The first kappa shape index (κ1) is 18.9. The molecule has 27 heavy (non-hydrogen) atoms. The van der Waals surface area contributed by atoms with Gasteiger partial charge in [0.1, 0.15) is 0 Å². The van der Waals surface area contributed by atoms with Crippen molar-refractivity contribution in [1.29, 1.82) is 0 Å². The fourth-order valence-corrected chi connectivity index (χ4v) is 5.38. The molecule has 3 atom stereocenters. The number of hydrogen-bond donors (Lipinski definition) is 1. The minimum Gasteiger partial charge on any atom is -0.353 e. The molecule has 1 amide bonds. The van der Waals surface area contributed by atoms with Crippen molar-refractivity contribution in [2.45, 2.75) is 58.0 Å². The number of aryl methyl sites for hydroxylation is 1. The van der Waals surface area contributed by atoms with Crippen LogP contribution in [0.2, 0.25) is 0 Å². The summed E-state index contributed by atoms with van der Waals surface area (Å²) in [7, 11) is 0. The van der Waals surface area contributed by atoms with E-state index < -0.39 is 0 Å². The summed E-state index contributed by atoms with van der Waals surface area (Å²) in [6.45, 7) is 9.07. The molecular weight excluding hydrogens is 334 g/mol. The van der Waals surface area contributed by atoms with Crippen molar-refractivity contribution in [3.05, 3.63) is 35.4 Å². The Morgan fingerprint density at radius 3 is 2.59 bits per heavy atom. The Balaban J connectivity index is 1.18. The van der Waals surface area contributed by atoms with Gasteiger partial charge in [-0.1, -0.05) is 37.1 Å². The van der Waals surface area contributed by atoms with E-state index in [1.807, 2.05) is 0 Å². The first-order valence-electron chi connectivity index (χ1n) is 11.0. The highest BCUT2D eigenvalue weighted by molar-refractivity contribution is 5.81. The molecule has 2 aliphatic heterocycles. The number of carbonyl (C=O) groups is 1. The summed E-state index contributed by atoms with van der Waals surface area (Å²) in [5.74, 6) is 1.25. The first-order chi connectivity index (χ1) is 13.2. The Labute approximate surface area is 164 Å². The molecular formula is C23H35N3O. The van der Waals surface area contributed by atoms with Gasteiger partial charge in [-0.15, -0.1) is 0 Å². The number of amides is 1. The van der Waals surface area contributed by atoms with Crippen molar-refractivity contribution >= 4 is 5.91 Å². The van der Waals surface area contributed by atoms with Gasteiger partial charge in [0.25, 0.3) is 0 Å². The third-order valence-corrected chi connectivity index (χ3v) is 7.11. The van der Waals surface area contributed by atoms with Gasteiger partial charge >= 0.3 is 0 Å². The number of nitrogens with one attached hydrogen (secondary N) is 1. The molecule has 0 spiro atoms. The van der Waals surface area contributed by atoms with E-state index in [2.05, 4.69) is 46.3 Å². The highest BCUT2D eigenvalue weighted by Crippen LogP contribution is 2.37. The topological polar surface area (TPSA) is 35.6 Å². The van der Waals surface area contributed by atoms with Crippen molar-refractivity contribution in [2.75, 3.05) is 32.7 Å². The standard InChI is InChI=1S/C23H35N3O/c1-18-7-2-3-8-19(18)17-26-15-13-25(14-16-26)12-6-10-21-20-9-4-5-11-22(20)24-23(21)27/h2-3,7-8,20-22H,4-6,9-17H2,1H3,(H,24,27)/t20-,21?,22+/m0/s1. The third-order valence-electron chi connectivity index (χ3n) is 7.11. The minimum atomic E-state index is 0.289. The monoisotopic (exact) mass is 369 g/mol. The molecule has 1 aromatic rings. The second-order valence-corrected chi connectivity index (χ2v) is 8.86. The van der Waals surface area contributed by atoms with Crippen LogP contribution >= 0.6 is 0 Å². The molecule has 148 valence electrons. The van der Waals surface area contributed by atoms with Gasteiger partial charge in [0.2, 0.25) is 5.91 Å². The van der Waals surface area contributed by atoms with Crippen molar-refractivity contribution in [3.8, 4) is 0 Å². The predicted octanol–water partition coefficient (Wildman–Crippen LogP) is 3.20. The van der Waals surface area contributed by atoms with Crippen LogP contribution in [0, 0.1) is 18.8 Å². The van der Waals surface area contributed by atoms with E-state index in [-0.39, 0.29) is 5.92 Å². The van der Waals surface area contributed by atoms with E-state index in [0.717, 1.165) is 45.7 Å². The number of carbonyl (C=O) groups excluding carboxylic acids is 1. The minimum absolute atomic E-state index is 0.289. The maximum Gasteiger partial charge on any atom is 0.223 e. The molecule has 1 unspecified atom stereocenters. The highest BCUT2D eigenvalue weighted by Gasteiger charge is 2.42. The molecule has 1 N–H and O–H groups in total. The van der Waals surface area contributed by atoms with Gasteiger partial charge in [-0.2, -0.15) is 0 Å². The molecule has 3 aliphatic rings. The van der Waals surface area contributed by atoms with Gasteiger partial charge in [0.15, 0.2) is 0 Å². The maximum atomic E-state index is 12.3. The lowest BCUT2D eigenvalue weighted by Crippen LogP contribution is -2.46. The van der Waals surface area contributed by atoms with E-state index in [1.165, 1.54) is 43.2 Å². The zero-order valence-corrected chi connectivity index (χ0v) is 16.8. The fourth-order valence-electron chi connectivity index (χ4n) is 5.38. The van der Waals surface area contributed by atoms with E-state index in [1.54, 1.807) is 0 Å². The zero-order chi connectivity index (χ0) is 18.6. The normalized spacial score (nSPS) is 29.5. The van der Waals surface area contributed by atoms with Crippen LogP contribution in [0.25, 0.3) is 0 Å². The second kappa shape index (κ2) is 8.74. The Bertz CT molecular complexity index is 638. The van der Waals surface area contributed by atoms with Gasteiger partial charge in [-0.25, -0.2) is 0 Å². The predicted molar refractivity (Wildman–Crippen MR) is 110 cm³/mol. The third kappa shape index (κ3) is 4.55. The largest absolute Gasteiger partial charge is 0.353 e. The molecule has 0 aromatic heterocycles. The number of hydrogen-bond acceptors (Lipinski definition) is 3. The Kier molecular flexibility index (Phi) is 6.14. The Hall–Kier alpha value is -1.39. The van der Waals surface area contributed by atoms with Crippen LogP contribution in [0.4, 0.5) is 0 Å². The molecule has 4 heteroatoms. The number of benzene rings is 1. The van der Waals surface area contributed by atoms with E-state index in [9.17, 15) is 4.79 Å². The summed E-state index contributed by atoms with van der Waals surface area (Å²) in [4.78, 5) is 17.5. The van der Waals surface area contributed by atoms with Gasteiger partial charge in [-0.05, 0) is 56.2 Å². The van der Waals surface area contributed by atoms with Crippen molar-refractivity contribution < 1.29 is 4.79 Å². The number of fused-ring (bicyclic) bond motifs is 1. The quantitative estimate of drug-likeness (QED) is 0.836. The van der Waals surface area contributed by atoms with Gasteiger partial charge in [0, 0.05) is 44.7 Å². The number of nitrogens with zero attached hydrogens (tertiary/aromatic N) is 2. The van der Waals surface area contributed by atoms with Crippen molar-refractivity contribution in [2.24, 2.45) is 11.8 Å². The molecule has 2 saturated heterocycles. The zero-order valence-electron chi connectivity index (χ0n) is 16.8. The summed E-state index contributed by atoms with van der Waals surface area (Å²) in [5.41, 5.74) is 2.86. The van der Waals surface area contributed by atoms with Crippen LogP contribution in [0.15, 0.2) is 24.3 Å². The van der Waals surface area contributed by atoms with Crippen molar-refractivity contribution in [1.82, 2.24) is 15.1 Å². The van der Waals surface area contributed by atoms with E-state index in [0.29, 0.717) is 17.9 Å². The maximum absolute atomic E-state index is 12.3. The van der Waals surface area contributed by atoms with Crippen LogP contribution < -0.4 is 5.32 Å². The Morgan fingerprint density at radius 2 is 1.78 bits per heavy atom. The average Bonchev–Trinajstić information content (AvgIpc) is 3.00. The lowest BCUT2D eigenvalue weighted by molar-refractivity contribution is -0.123. The molecule has 1 saturated carbocycles. The number of piperazine rings is 1. The van der Waals surface area contributed by atoms with E-state index >= 15 is 0 Å². The molecule has 0 radical (unpaired) electrons. The first-order valence-corrected chi connectivity index (χ1v) is 11.0. The summed E-state index contributed by atoms with van der Waals surface area (Å²) in [5, 5.41) is 3.27. The lowest BCUT2D eigenvalue weighted by atomic mass is 9.78. The van der Waals surface area contributed by atoms with Gasteiger partial charge in [0.05, 0.1) is 0 Å². The second-order valence-electron chi connectivity index (χ2n) is 8.86. The molecule has 1 aromatic carbocycles. The molecule has 4 nitrogen and oxygen atoms in total. The van der Waals surface area contributed by atoms with Crippen LogP contribution in [-0.4, -0.2) is 54.5 Å². The lowest BCUT2D eigenvalue weighted by Gasteiger charge is -2.35. The molecule has 3 fully saturated rings. The van der Waals surface area contributed by atoms with Crippen molar-refractivity contribution in [3.63, 3.8) is 0 Å². The molecule has 2 heterocycles. The summed E-state index contributed by atoms with van der Waals surface area (Å²) in [6, 6.07) is 9.22. The van der Waals surface area contributed by atoms with Gasteiger partial charge in [-0.3, -0.25) is 9.69 Å². The highest BCUT2D eigenvalue weighted by atomic mass is 16.2. The molecule has 1 aliphatic carbocycles. The van der Waals surface area contributed by atoms with Crippen LogP contribution in [0.3, 0.4) is 0 Å². The van der Waals surface area contributed by atoms with Crippen LogP contribution in [-0.2, 0) is 11.3 Å². The Morgan fingerprint density at radius 1 is 1.04 bits per heavy atom. The smallest absolute Gasteiger partial charge is 0.223 e. The fraction of sp³-hybridized carbons (Fsp3) is 0.696. The number of rotatable bonds is 6. The average molecular weight is 370 g/mol. The summed E-state index contributed by atoms with van der Waals surface area (Å²) < 4.78 is 0. The van der Waals surface area contributed by atoms with Crippen LogP contribution in [0.1, 0.15) is 49.7 Å². The molecule has 4 rings (SSSR count).